The van der Waals surface area contributed by atoms with Crippen LogP contribution in [0.3, 0.4) is 0 Å². The van der Waals surface area contributed by atoms with Gasteiger partial charge >= 0.3 is 0 Å². The SMILES string of the molecule is CCCCCCC(P)(CCCCCC)CCCCCC.N#CN.N#CN. The van der Waals surface area contributed by atoms with Crippen LogP contribution in [0.5, 0.6) is 0 Å². The Morgan fingerprint density at radius 2 is 0.846 bits per heavy atom. The number of nitrogens with two attached hydrogens (primary N) is 2. The maximum absolute atomic E-state index is 7.10. The van der Waals surface area contributed by atoms with E-state index in [1.54, 1.807) is 0 Å². The van der Waals surface area contributed by atoms with Crippen LogP contribution in [0.2, 0.25) is 0 Å². The molecule has 0 aromatic carbocycles. The zero-order chi connectivity index (χ0) is 20.5. The number of rotatable bonds is 15. The van der Waals surface area contributed by atoms with Gasteiger partial charge in [0, 0.05) is 0 Å². The Bertz CT molecular complexity index is 291. The average molecular weight is 385 g/mol. The van der Waals surface area contributed by atoms with Crippen molar-refractivity contribution in [3.63, 3.8) is 0 Å². The minimum absolute atomic E-state index is 0.565. The van der Waals surface area contributed by atoms with Crippen molar-refractivity contribution in [2.24, 2.45) is 11.5 Å². The lowest BCUT2D eigenvalue weighted by Gasteiger charge is -2.30. The van der Waals surface area contributed by atoms with E-state index in [0.717, 1.165) is 0 Å². The van der Waals surface area contributed by atoms with E-state index < -0.39 is 0 Å². The Hall–Kier alpha value is -0.990. The van der Waals surface area contributed by atoms with Crippen LogP contribution in [0, 0.1) is 22.9 Å². The predicted octanol–water partition coefficient (Wildman–Crippen LogP) is 6.36. The summed E-state index contributed by atoms with van der Waals surface area (Å²) in [6.07, 6.45) is 23.8. The molecule has 5 heteroatoms. The molecular formula is C21H45N4P. The summed E-state index contributed by atoms with van der Waals surface area (Å²) < 4.78 is 0. The van der Waals surface area contributed by atoms with Crippen molar-refractivity contribution in [3.05, 3.63) is 0 Å². The summed E-state index contributed by atoms with van der Waals surface area (Å²) >= 11 is 0. The van der Waals surface area contributed by atoms with Crippen LogP contribution in [0.25, 0.3) is 0 Å². The van der Waals surface area contributed by atoms with Crippen LogP contribution < -0.4 is 11.5 Å². The van der Waals surface area contributed by atoms with Gasteiger partial charge in [-0.3, -0.25) is 0 Å². The van der Waals surface area contributed by atoms with Gasteiger partial charge < -0.3 is 11.5 Å². The second-order valence-corrected chi connectivity index (χ2v) is 8.28. The first-order valence-corrected chi connectivity index (χ1v) is 11.1. The molecule has 0 aliphatic carbocycles. The van der Waals surface area contributed by atoms with E-state index in [9.17, 15) is 0 Å². The molecule has 4 nitrogen and oxygen atoms in total. The molecule has 1 atom stereocenters. The summed E-state index contributed by atoms with van der Waals surface area (Å²) in [5, 5.41) is 14.8. The van der Waals surface area contributed by atoms with E-state index in [1.165, 1.54) is 109 Å². The highest BCUT2D eigenvalue weighted by molar-refractivity contribution is 7.19. The zero-order valence-electron chi connectivity index (χ0n) is 17.7. The quantitative estimate of drug-likeness (QED) is 0.148. The van der Waals surface area contributed by atoms with Gasteiger partial charge in [0.05, 0.1) is 0 Å². The van der Waals surface area contributed by atoms with Gasteiger partial charge in [0.1, 0.15) is 0 Å². The zero-order valence-corrected chi connectivity index (χ0v) is 18.9. The normalized spacial score (nSPS) is 9.77. The highest BCUT2D eigenvalue weighted by Gasteiger charge is 2.22. The fourth-order valence-electron chi connectivity index (χ4n) is 3.09. The number of nitrogens with zero attached hydrogens (tertiary/aromatic N) is 2. The number of unbranched alkanes of at least 4 members (excludes halogenated alkanes) is 9. The molecule has 0 aliphatic heterocycles. The number of nitriles is 2. The van der Waals surface area contributed by atoms with Gasteiger partial charge in [0.25, 0.3) is 0 Å². The maximum atomic E-state index is 7.10. The van der Waals surface area contributed by atoms with Crippen LogP contribution in [0.1, 0.15) is 117 Å². The van der Waals surface area contributed by atoms with Crippen molar-refractivity contribution in [1.82, 2.24) is 0 Å². The van der Waals surface area contributed by atoms with Crippen LogP contribution in [0.4, 0.5) is 0 Å². The summed E-state index contributed by atoms with van der Waals surface area (Å²) in [4.78, 5) is 0. The molecule has 0 saturated heterocycles. The second kappa shape index (κ2) is 26.2. The van der Waals surface area contributed by atoms with Gasteiger partial charge in [-0.05, 0) is 24.4 Å². The third kappa shape index (κ3) is 27.8. The Morgan fingerprint density at radius 3 is 1.04 bits per heavy atom. The molecule has 4 N–H and O–H groups in total. The molecule has 154 valence electrons. The van der Waals surface area contributed by atoms with Crippen LogP contribution in [-0.4, -0.2) is 5.16 Å². The van der Waals surface area contributed by atoms with Crippen molar-refractivity contribution < 1.29 is 0 Å². The molecule has 0 spiro atoms. The Balaban J connectivity index is -0.000000768. The molecule has 0 amide bonds. The molecule has 1 unspecified atom stereocenters. The lowest BCUT2D eigenvalue weighted by atomic mass is 9.88. The van der Waals surface area contributed by atoms with Gasteiger partial charge in [0.2, 0.25) is 0 Å². The molecule has 0 aliphatic rings. The smallest absolute Gasteiger partial charge is 0.173 e. The lowest BCUT2D eigenvalue weighted by Crippen LogP contribution is -2.20. The summed E-state index contributed by atoms with van der Waals surface area (Å²) in [5.74, 6) is 0. The fourth-order valence-corrected chi connectivity index (χ4v) is 3.70. The molecule has 26 heavy (non-hydrogen) atoms. The first-order valence-electron chi connectivity index (χ1n) is 10.5. The summed E-state index contributed by atoms with van der Waals surface area (Å²) in [6.45, 7) is 6.93. The van der Waals surface area contributed by atoms with Gasteiger partial charge in [-0.15, -0.1) is 9.24 Å². The third-order valence-corrected chi connectivity index (χ3v) is 5.45. The molecular weight excluding hydrogens is 339 g/mol. The average Bonchev–Trinajstić information content (AvgIpc) is 2.61. The first kappa shape index (κ1) is 29.8. The van der Waals surface area contributed by atoms with Crippen molar-refractivity contribution >= 4 is 9.24 Å². The first-order chi connectivity index (χ1) is 12.5. The van der Waals surface area contributed by atoms with Crippen molar-refractivity contribution in [3.8, 4) is 12.4 Å². The van der Waals surface area contributed by atoms with Gasteiger partial charge in [-0.25, -0.2) is 0 Å². The summed E-state index contributed by atoms with van der Waals surface area (Å²) in [7, 11) is 3.27. The maximum Gasteiger partial charge on any atom is 0.173 e. The lowest BCUT2D eigenvalue weighted by molar-refractivity contribution is 0.406. The van der Waals surface area contributed by atoms with Gasteiger partial charge in [-0.2, -0.15) is 10.5 Å². The summed E-state index contributed by atoms with van der Waals surface area (Å²) in [5.41, 5.74) is 8.31. The van der Waals surface area contributed by atoms with Crippen LogP contribution >= 0.6 is 9.24 Å². The van der Waals surface area contributed by atoms with E-state index in [0.29, 0.717) is 5.16 Å². The van der Waals surface area contributed by atoms with E-state index in [4.69, 9.17) is 10.5 Å². The molecule has 0 rings (SSSR count). The monoisotopic (exact) mass is 384 g/mol. The fraction of sp³-hybridized carbons (Fsp3) is 0.905. The third-order valence-electron chi connectivity index (χ3n) is 4.58. The molecule has 0 radical (unpaired) electrons. The minimum Gasteiger partial charge on any atom is -0.337 e. The Labute approximate surface area is 166 Å². The van der Waals surface area contributed by atoms with Crippen LogP contribution in [-0.2, 0) is 0 Å². The topological polar surface area (TPSA) is 99.6 Å². The van der Waals surface area contributed by atoms with E-state index in [2.05, 4.69) is 41.5 Å². The minimum atomic E-state index is 0.565. The molecule has 0 heterocycles. The van der Waals surface area contributed by atoms with E-state index >= 15 is 0 Å². The van der Waals surface area contributed by atoms with Gasteiger partial charge in [-0.1, -0.05) is 97.8 Å². The van der Waals surface area contributed by atoms with E-state index in [1.807, 2.05) is 0 Å². The molecule has 0 bridgehead atoms. The molecule has 0 aromatic heterocycles. The van der Waals surface area contributed by atoms with E-state index in [-0.39, 0.29) is 0 Å². The number of hydrogen-bond acceptors (Lipinski definition) is 4. The second-order valence-electron chi connectivity index (χ2n) is 7.05. The predicted molar refractivity (Wildman–Crippen MR) is 118 cm³/mol. The van der Waals surface area contributed by atoms with Crippen molar-refractivity contribution in [2.45, 2.75) is 122 Å². The summed E-state index contributed by atoms with van der Waals surface area (Å²) in [6, 6.07) is 0. The number of hydrogen-bond donors (Lipinski definition) is 2. The largest absolute Gasteiger partial charge is 0.337 e. The molecule has 0 fully saturated rings. The Morgan fingerprint density at radius 1 is 0.615 bits per heavy atom. The highest BCUT2D eigenvalue weighted by Crippen LogP contribution is 2.37. The highest BCUT2D eigenvalue weighted by atomic mass is 31.0. The van der Waals surface area contributed by atoms with Crippen molar-refractivity contribution in [2.75, 3.05) is 0 Å². The standard InChI is InChI=1S/C19H41P.2CH2N2/c1-4-7-10-13-16-19(20,17-14-11-8-5-2)18-15-12-9-6-3;2*2-1-3/h4-18,20H2,1-3H3;2*2H2. The van der Waals surface area contributed by atoms with Gasteiger partial charge in [0.15, 0.2) is 12.4 Å². The molecule has 0 saturated carbocycles. The Kier molecular flexibility index (Phi) is 30.0. The van der Waals surface area contributed by atoms with Crippen LogP contribution in [0.15, 0.2) is 0 Å². The van der Waals surface area contributed by atoms with Crippen molar-refractivity contribution in [1.29, 1.82) is 10.5 Å². The molecule has 0 aromatic rings.